The van der Waals surface area contributed by atoms with E-state index in [-0.39, 0.29) is 18.5 Å². The van der Waals surface area contributed by atoms with Gasteiger partial charge in [0.15, 0.2) is 6.10 Å². The second-order valence-corrected chi connectivity index (χ2v) is 21.0. The average Bonchev–Trinajstić information content (AvgIpc) is 3.34. The number of rotatable bonds is 58. The summed E-state index contributed by atoms with van der Waals surface area (Å²) in [5.41, 5.74) is 0. The molecule has 0 heterocycles. The van der Waals surface area contributed by atoms with Gasteiger partial charge in [0, 0.05) is 19.4 Å². The third-order valence-corrected chi connectivity index (χ3v) is 14.0. The van der Waals surface area contributed by atoms with E-state index in [2.05, 4.69) is 45.1 Å². The van der Waals surface area contributed by atoms with Crippen LogP contribution < -0.4 is 0 Å². The van der Waals surface area contributed by atoms with Crippen LogP contribution in [0.25, 0.3) is 0 Å². The van der Waals surface area contributed by atoms with Gasteiger partial charge in [-0.05, 0) is 51.4 Å². The minimum atomic E-state index is -0.533. The van der Waals surface area contributed by atoms with E-state index in [1.807, 2.05) is 0 Å². The Bertz CT molecular complexity index is 1040. The van der Waals surface area contributed by atoms with E-state index >= 15 is 0 Å². The van der Waals surface area contributed by atoms with E-state index in [1.165, 1.54) is 270 Å². The first-order chi connectivity index (χ1) is 33.6. The average molecular weight is 958 g/mol. The number of allylic oxidation sites excluding steroid dienone is 4. The van der Waals surface area contributed by atoms with Gasteiger partial charge in [0.1, 0.15) is 6.61 Å². The van der Waals surface area contributed by atoms with Gasteiger partial charge in [-0.2, -0.15) is 0 Å². The van der Waals surface area contributed by atoms with Crippen LogP contribution in [0.3, 0.4) is 0 Å². The predicted molar refractivity (Wildman–Crippen MR) is 298 cm³/mol. The van der Waals surface area contributed by atoms with E-state index in [4.69, 9.17) is 14.2 Å². The largest absolute Gasteiger partial charge is 0.462 e. The third-order valence-electron chi connectivity index (χ3n) is 14.0. The fraction of sp³-hybridized carbons (Fsp3) is 0.905. The summed E-state index contributed by atoms with van der Waals surface area (Å²) < 4.78 is 17.5. The van der Waals surface area contributed by atoms with E-state index in [1.54, 1.807) is 0 Å². The van der Waals surface area contributed by atoms with E-state index in [9.17, 15) is 9.59 Å². The first kappa shape index (κ1) is 66.4. The number of ether oxygens (including phenoxy) is 3. The van der Waals surface area contributed by atoms with Crippen molar-refractivity contribution in [3.8, 4) is 0 Å². The minimum absolute atomic E-state index is 0.0897. The van der Waals surface area contributed by atoms with Gasteiger partial charge in [0.05, 0.1) is 6.61 Å². The molecule has 5 nitrogen and oxygen atoms in total. The molecular formula is C63H120O5. The highest BCUT2D eigenvalue weighted by molar-refractivity contribution is 5.70. The Balaban J connectivity index is 4.22. The van der Waals surface area contributed by atoms with Crippen LogP contribution >= 0.6 is 0 Å². The summed E-state index contributed by atoms with van der Waals surface area (Å²) in [6.45, 7) is 7.88. The molecule has 0 aliphatic heterocycles. The summed E-state index contributed by atoms with van der Waals surface area (Å²) in [7, 11) is 0. The lowest BCUT2D eigenvalue weighted by molar-refractivity contribution is -0.163. The molecule has 1 atom stereocenters. The van der Waals surface area contributed by atoms with Crippen LogP contribution in [0.1, 0.15) is 342 Å². The van der Waals surface area contributed by atoms with Crippen molar-refractivity contribution in [3.63, 3.8) is 0 Å². The number of esters is 2. The van der Waals surface area contributed by atoms with Crippen LogP contribution in [0.2, 0.25) is 0 Å². The van der Waals surface area contributed by atoms with Gasteiger partial charge in [0.2, 0.25) is 0 Å². The minimum Gasteiger partial charge on any atom is -0.462 e. The van der Waals surface area contributed by atoms with E-state index < -0.39 is 6.10 Å². The number of hydrogen-bond acceptors (Lipinski definition) is 5. The van der Waals surface area contributed by atoms with Crippen molar-refractivity contribution in [2.75, 3.05) is 19.8 Å². The molecule has 0 radical (unpaired) electrons. The van der Waals surface area contributed by atoms with Gasteiger partial charge in [-0.25, -0.2) is 0 Å². The number of hydrogen-bond donors (Lipinski definition) is 0. The molecule has 0 bridgehead atoms. The fourth-order valence-corrected chi connectivity index (χ4v) is 9.37. The van der Waals surface area contributed by atoms with Crippen LogP contribution in [-0.4, -0.2) is 37.9 Å². The highest BCUT2D eigenvalue weighted by atomic mass is 16.6. The Morgan fingerprint density at radius 1 is 0.324 bits per heavy atom. The molecule has 0 aliphatic rings. The lowest BCUT2D eigenvalue weighted by Gasteiger charge is -2.18. The summed E-state index contributed by atoms with van der Waals surface area (Å²) in [5.74, 6) is -0.379. The van der Waals surface area contributed by atoms with Crippen molar-refractivity contribution in [1.82, 2.24) is 0 Å². The van der Waals surface area contributed by atoms with Crippen molar-refractivity contribution in [2.24, 2.45) is 0 Å². The van der Waals surface area contributed by atoms with Crippen LogP contribution in [0.15, 0.2) is 24.3 Å². The summed E-state index contributed by atoms with van der Waals surface area (Å²) >= 11 is 0. The molecule has 0 rings (SSSR count). The molecule has 0 aromatic rings. The fourth-order valence-electron chi connectivity index (χ4n) is 9.37. The molecule has 5 heteroatoms. The molecule has 0 saturated heterocycles. The van der Waals surface area contributed by atoms with Crippen LogP contribution in [0.4, 0.5) is 0 Å². The molecule has 0 aromatic carbocycles. The van der Waals surface area contributed by atoms with Crippen LogP contribution in [0, 0.1) is 0 Å². The van der Waals surface area contributed by atoms with Crippen molar-refractivity contribution in [3.05, 3.63) is 24.3 Å². The monoisotopic (exact) mass is 957 g/mol. The zero-order valence-electron chi connectivity index (χ0n) is 46.4. The Hall–Kier alpha value is -1.62. The van der Waals surface area contributed by atoms with Gasteiger partial charge in [-0.15, -0.1) is 0 Å². The lowest BCUT2D eigenvalue weighted by atomic mass is 10.0. The highest BCUT2D eigenvalue weighted by Gasteiger charge is 2.18. The molecule has 0 fully saturated rings. The SMILES string of the molecule is CCCCC/C=C\C/C=C\CCCCCCCCCC(=O)OC[C@@H](COCCCCCCCCCCCCCCCCCC)OC(=O)CCCCCCCCCCCCCCCCCCCCC. The predicted octanol–water partition coefficient (Wildman–Crippen LogP) is 21.1. The lowest BCUT2D eigenvalue weighted by Crippen LogP contribution is -2.30. The molecular weight excluding hydrogens is 837 g/mol. The summed E-state index contributed by atoms with van der Waals surface area (Å²) in [6.07, 6.45) is 72.0. The van der Waals surface area contributed by atoms with Crippen LogP contribution in [-0.2, 0) is 23.8 Å². The Morgan fingerprint density at radius 3 is 1.00 bits per heavy atom. The topological polar surface area (TPSA) is 61.8 Å². The normalized spacial score (nSPS) is 12.2. The highest BCUT2D eigenvalue weighted by Crippen LogP contribution is 2.17. The molecule has 0 unspecified atom stereocenters. The molecule has 0 N–H and O–H groups in total. The van der Waals surface area contributed by atoms with Gasteiger partial charge in [0.25, 0.3) is 0 Å². The molecule has 0 aliphatic carbocycles. The molecule has 68 heavy (non-hydrogen) atoms. The van der Waals surface area contributed by atoms with Crippen LogP contribution in [0.5, 0.6) is 0 Å². The van der Waals surface area contributed by atoms with Gasteiger partial charge in [-0.3, -0.25) is 9.59 Å². The second kappa shape index (κ2) is 59.7. The first-order valence-corrected chi connectivity index (χ1v) is 30.9. The number of carbonyl (C=O) groups is 2. The maximum absolute atomic E-state index is 12.9. The Labute approximate surface area is 426 Å². The molecule has 0 aromatic heterocycles. The van der Waals surface area contributed by atoms with Gasteiger partial charge in [-0.1, -0.05) is 302 Å². The van der Waals surface area contributed by atoms with E-state index in [0.717, 1.165) is 38.5 Å². The van der Waals surface area contributed by atoms with E-state index in [0.29, 0.717) is 26.1 Å². The third kappa shape index (κ3) is 57.0. The molecule has 0 saturated carbocycles. The smallest absolute Gasteiger partial charge is 0.306 e. The van der Waals surface area contributed by atoms with Crippen molar-refractivity contribution >= 4 is 11.9 Å². The maximum Gasteiger partial charge on any atom is 0.306 e. The summed E-state index contributed by atoms with van der Waals surface area (Å²) in [6, 6.07) is 0. The van der Waals surface area contributed by atoms with Crippen molar-refractivity contribution in [1.29, 1.82) is 0 Å². The number of carbonyl (C=O) groups excluding carboxylic acids is 2. The van der Waals surface area contributed by atoms with Crippen molar-refractivity contribution < 1.29 is 23.8 Å². The Morgan fingerprint density at radius 2 is 0.618 bits per heavy atom. The summed E-state index contributed by atoms with van der Waals surface area (Å²) in [4.78, 5) is 25.6. The number of unbranched alkanes of at least 4 members (excludes halogenated alkanes) is 43. The Kier molecular flexibility index (Phi) is 58.3. The standard InChI is InChI=1S/C63H120O5/c1-4-7-10-13-16-19-22-25-28-31-32-34-36-39-42-45-48-51-54-57-63(65)68-61(59-66-58-55-52-49-46-43-40-37-30-27-24-21-18-15-12-9-6-3)60-67-62(64)56-53-50-47-44-41-38-35-33-29-26-23-20-17-14-11-8-5-2/h17,20,26,29,61H,4-16,18-19,21-25,27-28,30-60H2,1-3H3/b20-17-,29-26-/t61-/m1/s1. The maximum atomic E-state index is 12.9. The molecule has 0 amide bonds. The first-order valence-electron chi connectivity index (χ1n) is 30.9. The second-order valence-electron chi connectivity index (χ2n) is 21.0. The van der Waals surface area contributed by atoms with Gasteiger partial charge >= 0.3 is 11.9 Å². The zero-order valence-corrected chi connectivity index (χ0v) is 46.4. The van der Waals surface area contributed by atoms with Gasteiger partial charge < -0.3 is 14.2 Å². The quantitative estimate of drug-likeness (QED) is 0.0345. The van der Waals surface area contributed by atoms with Crippen molar-refractivity contribution in [2.45, 2.75) is 348 Å². The molecule has 402 valence electrons. The summed E-state index contributed by atoms with van der Waals surface area (Å²) in [5, 5.41) is 0. The zero-order chi connectivity index (χ0) is 49.2. The molecule has 0 spiro atoms.